The van der Waals surface area contributed by atoms with Gasteiger partial charge in [-0.25, -0.2) is 4.99 Å². The van der Waals surface area contributed by atoms with Gasteiger partial charge < -0.3 is 15.2 Å². The van der Waals surface area contributed by atoms with E-state index in [4.69, 9.17) is 4.99 Å². The number of aryl methyl sites for hydroxylation is 1. The van der Waals surface area contributed by atoms with Crippen molar-refractivity contribution in [1.82, 2.24) is 25.4 Å². The molecule has 0 aliphatic heterocycles. The van der Waals surface area contributed by atoms with E-state index < -0.39 is 0 Å². The number of fused-ring (bicyclic) bond motifs is 1. The van der Waals surface area contributed by atoms with Gasteiger partial charge in [0.15, 0.2) is 11.8 Å². The van der Waals surface area contributed by atoms with Gasteiger partial charge in [-0.2, -0.15) is 0 Å². The zero-order chi connectivity index (χ0) is 20.2. The fourth-order valence-electron chi connectivity index (χ4n) is 4.93. The maximum Gasteiger partial charge on any atom is 0.192 e. The zero-order valence-electron chi connectivity index (χ0n) is 18.3. The van der Waals surface area contributed by atoms with E-state index >= 15 is 0 Å². The molecule has 2 N–H and O–H groups in total. The Hall–Kier alpha value is -1.64. The highest BCUT2D eigenvalue weighted by atomic mass is 127. The highest BCUT2D eigenvalue weighted by molar-refractivity contribution is 14.0. The molecule has 2 saturated carbocycles. The molecule has 2 aliphatic carbocycles. The minimum atomic E-state index is 0. The molecule has 4 unspecified atom stereocenters. The number of hydrogen-bond donors (Lipinski definition) is 2. The molecule has 4 atom stereocenters. The molecule has 0 spiro atoms. The first-order valence-electron chi connectivity index (χ1n) is 11.1. The van der Waals surface area contributed by atoms with Crippen LogP contribution in [-0.2, 0) is 13.6 Å². The molecule has 0 saturated heterocycles. The van der Waals surface area contributed by atoms with Crippen LogP contribution in [-0.4, -0.2) is 26.8 Å². The SMILES string of the molecule is Cc1nnc(CN=C(NC2CCC3CCCC3C2)NC(C)c2ccccc2)n1C.I. The zero-order valence-corrected chi connectivity index (χ0v) is 20.7. The number of benzene rings is 1. The number of halogens is 1. The molecule has 0 amide bonds. The van der Waals surface area contributed by atoms with E-state index in [0.717, 1.165) is 29.4 Å². The Balaban J connectivity index is 0.00000256. The first-order chi connectivity index (χ1) is 14.1. The van der Waals surface area contributed by atoms with E-state index in [1.807, 2.05) is 18.5 Å². The lowest BCUT2D eigenvalue weighted by Crippen LogP contribution is -2.46. The molecule has 2 fully saturated rings. The summed E-state index contributed by atoms with van der Waals surface area (Å²) in [4.78, 5) is 4.88. The third kappa shape index (κ3) is 5.53. The van der Waals surface area contributed by atoms with Crippen LogP contribution in [0.5, 0.6) is 0 Å². The molecular formula is C23H35IN6. The first-order valence-corrected chi connectivity index (χ1v) is 11.1. The number of aliphatic imine (C=N–C) groups is 1. The lowest BCUT2D eigenvalue weighted by atomic mass is 9.79. The summed E-state index contributed by atoms with van der Waals surface area (Å²) >= 11 is 0. The van der Waals surface area contributed by atoms with E-state index in [1.54, 1.807) is 0 Å². The Morgan fingerprint density at radius 3 is 2.63 bits per heavy atom. The summed E-state index contributed by atoms with van der Waals surface area (Å²) in [5.74, 6) is 4.54. The van der Waals surface area contributed by atoms with E-state index in [1.165, 1.54) is 44.1 Å². The molecule has 30 heavy (non-hydrogen) atoms. The van der Waals surface area contributed by atoms with Crippen molar-refractivity contribution in [3.63, 3.8) is 0 Å². The first kappa shape index (κ1) is 23.0. The third-order valence-corrected chi connectivity index (χ3v) is 6.84. The van der Waals surface area contributed by atoms with E-state index in [9.17, 15) is 0 Å². The Bertz CT molecular complexity index is 833. The van der Waals surface area contributed by atoms with Crippen molar-refractivity contribution in [3.8, 4) is 0 Å². The molecule has 6 nitrogen and oxygen atoms in total. The normalized spacial score (nSPS) is 24.6. The molecule has 1 heterocycles. The highest BCUT2D eigenvalue weighted by Crippen LogP contribution is 2.42. The van der Waals surface area contributed by atoms with Crippen molar-refractivity contribution < 1.29 is 0 Å². The molecule has 4 rings (SSSR count). The number of hydrogen-bond acceptors (Lipinski definition) is 3. The fourth-order valence-corrected chi connectivity index (χ4v) is 4.93. The molecule has 1 aromatic heterocycles. The van der Waals surface area contributed by atoms with Crippen molar-refractivity contribution in [2.24, 2.45) is 23.9 Å². The van der Waals surface area contributed by atoms with Crippen molar-refractivity contribution >= 4 is 29.9 Å². The number of nitrogens with zero attached hydrogens (tertiary/aromatic N) is 4. The van der Waals surface area contributed by atoms with Crippen LogP contribution in [0.15, 0.2) is 35.3 Å². The van der Waals surface area contributed by atoms with Gasteiger partial charge in [-0.3, -0.25) is 0 Å². The maximum atomic E-state index is 4.88. The largest absolute Gasteiger partial charge is 0.354 e. The van der Waals surface area contributed by atoms with E-state index in [2.05, 4.69) is 58.1 Å². The minimum absolute atomic E-state index is 0. The van der Waals surface area contributed by atoms with Crippen molar-refractivity contribution in [1.29, 1.82) is 0 Å². The summed E-state index contributed by atoms with van der Waals surface area (Å²) in [6.45, 7) is 4.68. The Kier molecular flexibility index (Phi) is 8.13. The quantitative estimate of drug-likeness (QED) is 0.345. The van der Waals surface area contributed by atoms with Crippen LogP contribution in [0.3, 0.4) is 0 Å². The molecular weight excluding hydrogens is 487 g/mol. The monoisotopic (exact) mass is 522 g/mol. The Morgan fingerprint density at radius 2 is 1.90 bits per heavy atom. The lowest BCUT2D eigenvalue weighted by Gasteiger charge is -2.33. The average molecular weight is 522 g/mol. The van der Waals surface area contributed by atoms with Crippen molar-refractivity contribution in [3.05, 3.63) is 47.5 Å². The van der Waals surface area contributed by atoms with Crippen LogP contribution < -0.4 is 10.6 Å². The Morgan fingerprint density at radius 1 is 1.13 bits per heavy atom. The highest BCUT2D eigenvalue weighted by Gasteiger charge is 2.34. The Labute approximate surface area is 197 Å². The summed E-state index contributed by atoms with van der Waals surface area (Å²) in [6.07, 6.45) is 8.12. The van der Waals surface area contributed by atoms with Gasteiger partial charge in [0, 0.05) is 13.1 Å². The van der Waals surface area contributed by atoms with Gasteiger partial charge >= 0.3 is 0 Å². The van der Waals surface area contributed by atoms with Crippen LogP contribution in [0.4, 0.5) is 0 Å². The molecule has 0 radical (unpaired) electrons. The van der Waals surface area contributed by atoms with E-state index in [-0.39, 0.29) is 30.0 Å². The van der Waals surface area contributed by atoms with Gasteiger partial charge in [-0.05, 0) is 50.5 Å². The number of rotatable bonds is 5. The van der Waals surface area contributed by atoms with Gasteiger partial charge in [0.2, 0.25) is 0 Å². The fraction of sp³-hybridized carbons (Fsp3) is 0.609. The smallest absolute Gasteiger partial charge is 0.192 e. The topological polar surface area (TPSA) is 67.1 Å². The van der Waals surface area contributed by atoms with Gasteiger partial charge in [0.1, 0.15) is 12.4 Å². The maximum absolute atomic E-state index is 4.88. The summed E-state index contributed by atoms with van der Waals surface area (Å²) < 4.78 is 2.01. The van der Waals surface area contributed by atoms with Crippen LogP contribution >= 0.6 is 24.0 Å². The molecule has 2 aliphatic rings. The molecule has 1 aromatic carbocycles. The minimum Gasteiger partial charge on any atom is -0.354 e. The second-order valence-corrected chi connectivity index (χ2v) is 8.77. The van der Waals surface area contributed by atoms with Crippen LogP contribution in [0.25, 0.3) is 0 Å². The van der Waals surface area contributed by atoms with Crippen LogP contribution in [0, 0.1) is 18.8 Å². The second-order valence-electron chi connectivity index (χ2n) is 8.77. The molecule has 0 bridgehead atoms. The summed E-state index contributed by atoms with van der Waals surface area (Å²) in [5, 5.41) is 15.8. The van der Waals surface area contributed by atoms with Crippen LogP contribution in [0.2, 0.25) is 0 Å². The predicted octanol–water partition coefficient (Wildman–Crippen LogP) is 4.51. The van der Waals surface area contributed by atoms with Gasteiger partial charge in [0.05, 0.1) is 6.04 Å². The van der Waals surface area contributed by atoms with E-state index in [0.29, 0.717) is 12.6 Å². The standard InChI is InChI=1S/C23H34N6.HI/c1-16(18-8-5-4-6-9-18)25-23(24-15-22-28-27-17(2)29(22)3)26-21-13-12-19-10-7-11-20(19)14-21;/h4-6,8-9,16,19-21H,7,10-15H2,1-3H3,(H2,24,25,26);1H. The van der Waals surface area contributed by atoms with Crippen molar-refractivity contribution in [2.45, 2.75) is 71.0 Å². The summed E-state index contributed by atoms with van der Waals surface area (Å²) in [6, 6.07) is 11.2. The second kappa shape index (κ2) is 10.6. The van der Waals surface area contributed by atoms with Crippen LogP contribution in [0.1, 0.15) is 68.7 Å². The van der Waals surface area contributed by atoms with Gasteiger partial charge in [0.25, 0.3) is 0 Å². The average Bonchev–Trinajstić information content (AvgIpc) is 3.33. The third-order valence-electron chi connectivity index (χ3n) is 6.84. The van der Waals surface area contributed by atoms with Gasteiger partial charge in [-0.1, -0.05) is 49.6 Å². The number of aromatic nitrogens is 3. The molecule has 2 aromatic rings. The van der Waals surface area contributed by atoms with Gasteiger partial charge in [-0.15, -0.1) is 34.2 Å². The number of nitrogens with one attached hydrogen (secondary N) is 2. The lowest BCUT2D eigenvalue weighted by molar-refractivity contribution is 0.239. The predicted molar refractivity (Wildman–Crippen MR) is 132 cm³/mol. The molecule has 7 heteroatoms. The number of guanidine groups is 1. The summed E-state index contributed by atoms with van der Waals surface area (Å²) in [5.41, 5.74) is 1.26. The van der Waals surface area contributed by atoms with Crippen molar-refractivity contribution in [2.75, 3.05) is 0 Å². The molecule has 164 valence electrons. The summed E-state index contributed by atoms with van der Waals surface area (Å²) in [7, 11) is 1.99.